The molecule has 4 N–H and O–H groups in total. The van der Waals surface area contributed by atoms with Gasteiger partial charge in [-0.15, -0.1) is 0 Å². The summed E-state index contributed by atoms with van der Waals surface area (Å²) in [5, 5.41) is 1.24. The second-order valence-electron chi connectivity index (χ2n) is 8.29. The maximum atomic E-state index is 5.87. The Hall–Kier alpha value is -2.50. The monoisotopic (exact) mass is 423 g/mol. The van der Waals surface area contributed by atoms with Gasteiger partial charge < -0.3 is 25.5 Å². The van der Waals surface area contributed by atoms with Gasteiger partial charge in [-0.1, -0.05) is 13.3 Å². The van der Waals surface area contributed by atoms with Crippen LogP contribution in [0.3, 0.4) is 0 Å². The molecule has 0 saturated heterocycles. The van der Waals surface area contributed by atoms with E-state index in [1.54, 1.807) is 14.2 Å². The van der Waals surface area contributed by atoms with E-state index >= 15 is 0 Å². The van der Waals surface area contributed by atoms with Gasteiger partial charge in [0.2, 0.25) is 0 Å². The number of nitrogens with zero attached hydrogens (tertiary/aromatic N) is 1. The average Bonchev–Trinajstić information content (AvgIpc) is 3.11. The van der Waals surface area contributed by atoms with Crippen molar-refractivity contribution in [1.29, 1.82) is 0 Å². The summed E-state index contributed by atoms with van der Waals surface area (Å²) >= 11 is 0. The van der Waals surface area contributed by atoms with Crippen LogP contribution in [-0.2, 0) is 0 Å². The van der Waals surface area contributed by atoms with Crippen molar-refractivity contribution in [1.82, 2.24) is 4.57 Å². The lowest BCUT2D eigenvalue weighted by molar-refractivity contribution is 0.406. The summed E-state index contributed by atoms with van der Waals surface area (Å²) in [7, 11) is 3.42. The van der Waals surface area contributed by atoms with Crippen LogP contribution in [0.1, 0.15) is 44.2 Å². The fourth-order valence-electron chi connectivity index (χ4n) is 4.55. The highest BCUT2D eigenvalue weighted by molar-refractivity contribution is 5.92. The van der Waals surface area contributed by atoms with Crippen LogP contribution in [0.25, 0.3) is 22.2 Å². The standard InChI is InChI=1S/C26H37N3O2/c1-5-21(8-6-7-19(16-27)17-28)29-25-14-13-23(31-4)15-24(25)18(2)26(29)20-9-11-22(30-3)12-10-20/h9-15,19,21H,5-8,16-17,27-28H2,1-4H3. The van der Waals surface area contributed by atoms with E-state index in [0.29, 0.717) is 25.0 Å². The van der Waals surface area contributed by atoms with E-state index in [4.69, 9.17) is 20.9 Å². The minimum atomic E-state index is 0.401. The van der Waals surface area contributed by atoms with Gasteiger partial charge in [0, 0.05) is 16.9 Å². The Bertz CT molecular complexity index is 974. The average molecular weight is 424 g/mol. The number of fused-ring (bicyclic) bond motifs is 1. The normalized spacial score (nSPS) is 12.5. The Kier molecular flexibility index (Phi) is 7.99. The number of rotatable bonds is 11. The molecule has 0 aliphatic rings. The molecule has 1 aromatic heterocycles. The smallest absolute Gasteiger partial charge is 0.119 e. The quantitative estimate of drug-likeness (QED) is 0.439. The molecule has 0 aliphatic heterocycles. The van der Waals surface area contributed by atoms with Crippen molar-refractivity contribution in [2.75, 3.05) is 27.3 Å². The van der Waals surface area contributed by atoms with Crippen LogP contribution in [0.4, 0.5) is 0 Å². The van der Waals surface area contributed by atoms with Crippen LogP contribution >= 0.6 is 0 Å². The second kappa shape index (κ2) is 10.7. The molecule has 5 nitrogen and oxygen atoms in total. The first-order valence-electron chi connectivity index (χ1n) is 11.3. The van der Waals surface area contributed by atoms with Crippen molar-refractivity contribution < 1.29 is 9.47 Å². The van der Waals surface area contributed by atoms with Crippen LogP contribution in [-0.4, -0.2) is 31.9 Å². The van der Waals surface area contributed by atoms with E-state index in [1.807, 2.05) is 12.1 Å². The molecule has 0 spiro atoms. The number of methoxy groups -OCH3 is 2. The first-order chi connectivity index (χ1) is 15.1. The maximum Gasteiger partial charge on any atom is 0.119 e. The summed E-state index contributed by atoms with van der Waals surface area (Å²) in [5.41, 5.74) is 16.7. The summed E-state index contributed by atoms with van der Waals surface area (Å²) in [6.07, 6.45) is 4.36. The van der Waals surface area contributed by atoms with Gasteiger partial charge >= 0.3 is 0 Å². The van der Waals surface area contributed by atoms with Crippen LogP contribution in [0.15, 0.2) is 42.5 Å². The van der Waals surface area contributed by atoms with Crippen molar-refractivity contribution >= 4 is 10.9 Å². The molecule has 168 valence electrons. The predicted molar refractivity (Wildman–Crippen MR) is 130 cm³/mol. The lowest BCUT2D eigenvalue weighted by atomic mass is 9.98. The molecular formula is C26H37N3O2. The third-order valence-corrected chi connectivity index (χ3v) is 6.48. The Morgan fingerprint density at radius 3 is 2.13 bits per heavy atom. The van der Waals surface area contributed by atoms with Crippen molar-refractivity contribution in [3.05, 3.63) is 48.0 Å². The van der Waals surface area contributed by atoms with E-state index in [2.05, 4.69) is 48.7 Å². The number of nitrogens with two attached hydrogens (primary N) is 2. The largest absolute Gasteiger partial charge is 0.497 e. The minimum Gasteiger partial charge on any atom is -0.497 e. The van der Waals surface area contributed by atoms with Crippen molar-refractivity contribution in [2.24, 2.45) is 17.4 Å². The first kappa shape index (κ1) is 23.2. The van der Waals surface area contributed by atoms with E-state index in [0.717, 1.165) is 37.2 Å². The van der Waals surface area contributed by atoms with Gasteiger partial charge in [-0.3, -0.25) is 0 Å². The van der Waals surface area contributed by atoms with E-state index < -0.39 is 0 Å². The Morgan fingerprint density at radius 2 is 1.55 bits per heavy atom. The van der Waals surface area contributed by atoms with E-state index in [9.17, 15) is 0 Å². The third kappa shape index (κ3) is 4.89. The van der Waals surface area contributed by atoms with Gasteiger partial charge in [0.05, 0.1) is 19.9 Å². The number of aryl methyl sites for hydroxylation is 1. The maximum absolute atomic E-state index is 5.87. The lowest BCUT2D eigenvalue weighted by Gasteiger charge is -2.23. The SMILES string of the molecule is CCC(CCCC(CN)CN)n1c(-c2ccc(OC)cc2)c(C)c2cc(OC)ccc21. The second-order valence-corrected chi connectivity index (χ2v) is 8.29. The Labute approximate surface area is 186 Å². The zero-order chi connectivity index (χ0) is 22.4. The predicted octanol–water partition coefficient (Wildman–Crippen LogP) is 5.29. The van der Waals surface area contributed by atoms with Crippen LogP contribution in [0, 0.1) is 12.8 Å². The fourth-order valence-corrected chi connectivity index (χ4v) is 4.55. The van der Waals surface area contributed by atoms with Crippen molar-refractivity contribution in [3.8, 4) is 22.8 Å². The number of hydrogen-bond donors (Lipinski definition) is 2. The minimum absolute atomic E-state index is 0.401. The highest BCUT2D eigenvalue weighted by Gasteiger charge is 2.22. The molecule has 1 unspecified atom stereocenters. The van der Waals surface area contributed by atoms with Crippen LogP contribution in [0.2, 0.25) is 0 Å². The zero-order valence-corrected chi connectivity index (χ0v) is 19.4. The van der Waals surface area contributed by atoms with Crippen molar-refractivity contribution in [2.45, 2.75) is 45.6 Å². The lowest BCUT2D eigenvalue weighted by Crippen LogP contribution is -2.23. The van der Waals surface area contributed by atoms with Gasteiger partial charge in [0.25, 0.3) is 0 Å². The van der Waals surface area contributed by atoms with E-state index in [1.165, 1.54) is 27.7 Å². The summed E-state index contributed by atoms with van der Waals surface area (Å²) in [6, 6.07) is 15.2. The van der Waals surface area contributed by atoms with Gasteiger partial charge in [-0.2, -0.15) is 0 Å². The molecule has 0 radical (unpaired) electrons. The van der Waals surface area contributed by atoms with E-state index in [-0.39, 0.29) is 0 Å². The molecule has 1 atom stereocenters. The molecule has 0 amide bonds. The molecule has 2 aromatic carbocycles. The molecule has 1 heterocycles. The first-order valence-corrected chi connectivity index (χ1v) is 11.3. The molecule has 0 bridgehead atoms. The number of hydrogen-bond acceptors (Lipinski definition) is 4. The highest BCUT2D eigenvalue weighted by atomic mass is 16.5. The molecule has 0 saturated carbocycles. The van der Waals surface area contributed by atoms with Gasteiger partial charge in [-0.25, -0.2) is 0 Å². The summed E-state index contributed by atoms with van der Waals surface area (Å²) in [5.74, 6) is 2.16. The number of ether oxygens (including phenoxy) is 2. The number of benzene rings is 2. The molecule has 3 rings (SSSR count). The molecule has 31 heavy (non-hydrogen) atoms. The topological polar surface area (TPSA) is 75.4 Å². The summed E-state index contributed by atoms with van der Waals surface area (Å²) in [6.45, 7) is 5.81. The summed E-state index contributed by atoms with van der Waals surface area (Å²) in [4.78, 5) is 0. The van der Waals surface area contributed by atoms with Gasteiger partial charge in [-0.05, 0) is 98.8 Å². The van der Waals surface area contributed by atoms with Crippen LogP contribution in [0.5, 0.6) is 11.5 Å². The number of aromatic nitrogens is 1. The molecule has 0 fully saturated rings. The van der Waals surface area contributed by atoms with Crippen LogP contribution < -0.4 is 20.9 Å². The molecular weight excluding hydrogens is 386 g/mol. The van der Waals surface area contributed by atoms with Gasteiger partial charge in [0.15, 0.2) is 0 Å². The van der Waals surface area contributed by atoms with Gasteiger partial charge in [0.1, 0.15) is 11.5 Å². The third-order valence-electron chi connectivity index (χ3n) is 6.48. The summed E-state index contributed by atoms with van der Waals surface area (Å²) < 4.78 is 13.4. The zero-order valence-electron chi connectivity index (χ0n) is 19.4. The molecule has 5 heteroatoms. The van der Waals surface area contributed by atoms with Crippen molar-refractivity contribution in [3.63, 3.8) is 0 Å². The Morgan fingerprint density at radius 1 is 0.903 bits per heavy atom. The molecule has 0 aliphatic carbocycles. The molecule has 3 aromatic rings. The highest BCUT2D eigenvalue weighted by Crippen LogP contribution is 2.40. The Balaban J connectivity index is 2.07. The fraction of sp³-hybridized carbons (Fsp3) is 0.462.